The summed E-state index contributed by atoms with van der Waals surface area (Å²) in [5.41, 5.74) is 2.63. The van der Waals surface area contributed by atoms with Crippen LogP contribution in [0.2, 0.25) is 0 Å². The highest BCUT2D eigenvalue weighted by atomic mass is 19.1. The number of halogens is 1. The van der Waals surface area contributed by atoms with E-state index in [4.69, 9.17) is 0 Å². The molecular weight excluding hydrogens is 267 g/mol. The number of para-hydroxylation sites is 1. The summed E-state index contributed by atoms with van der Waals surface area (Å²) in [6.45, 7) is 5.46. The smallest absolute Gasteiger partial charge is 0.148 e. The zero-order chi connectivity index (χ0) is 14.7. The lowest BCUT2D eigenvalue weighted by atomic mass is 10.2. The molecule has 1 N–H and O–H groups in total. The molecule has 0 atom stereocenters. The number of benzene rings is 1. The number of aromatic nitrogens is 2. The molecule has 0 spiro atoms. The van der Waals surface area contributed by atoms with E-state index in [1.165, 1.54) is 18.9 Å². The molecule has 112 valence electrons. The minimum atomic E-state index is -0.193. The van der Waals surface area contributed by atoms with Crippen LogP contribution in [-0.4, -0.2) is 22.9 Å². The number of rotatable bonds is 5. The molecule has 0 unspecified atom stereocenters. The van der Waals surface area contributed by atoms with Gasteiger partial charge in [-0.1, -0.05) is 6.07 Å². The van der Waals surface area contributed by atoms with Crippen molar-refractivity contribution < 1.29 is 4.39 Å². The molecule has 21 heavy (non-hydrogen) atoms. The van der Waals surface area contributed by atoms with E-state index in [9.17, 15) is 4.39 Å². The zero-order valence-corrected chi connectivity index (χ0v) is 12.3. The first-order chi connectivity index (χ1) is 10.3. The van der Waals surface area contributed by atoms with E-state index >= 15 is 0 Å². The first kappa shape index (κ1) is 13.9. The van der Waals surface area contributed by atoms with Crippen molar-refractivity contribution in [2.75, 3.05) is 23.3 Å². The Bertz CT molecular complexity index is 602. The van der Waals surface area contributed by atoms with Crippen LogP contribution in [-0.2, 0) is 13.1 Å². The molecule has 2 aromatic rings. The second kappa shape index (κ2) is 6.16. The van der Waals surface area contributed by atoms with Gasteiger partial charge in [0.2, 0.25) is 0 Å². The van der Waals surface area contributed by atoms with Crippen molar-refractivity contribution in [1.82, 2.24) is 9.78 Å². The van der Waals surface area contributed by atoms with E-state index < -0.39 is 0 Å². The molecule has 0 radical (unpaired) electrons. The summed E-state index contributed by atoms with van der Waals surface area (Å²) in [7, 11) is 0. The molecule has 0 bridgehead atoms. The van der Waals surface area contributed by atoms with E-state index in [2.05, 4.69) is 22.2 Å². The SMILES string of the molecule is CCn1nccc1CNc1c(F)cccc1N1CCCC1. The molecule has 5 heteroatoms. The Labute approximate surface area is 124 Å². The molecular formula is C16H21FN4. The monoisotopic (exact) mass is 288 g/mol. The second-order valence-corrected chi connectivity index (χ2v) is 5.32. The first-order valence-corrected chi connectivity index (χ1v) is 7.57. The minimum absolute atomic E-state index is 0.193. The van der Waals surface area contributed by atoms with Gasteiger partial charge in [0.25, 0.3) is 0 Å². The topological polar surface area (TPSA) is 33.1 Å². The maximum absolute atomic E-state index is 14.2. The molecule has 1 aromatic heterocycles. The van der Waals surface area contributed by atoms with Crippen LogP contribution in [0.4, 0.5) is 15.8 Å². The maximum Gasteiger partial charge on any atom is 0.148 e. The Morgan fingerprint density at radius 3 is 2.81 bits per heavy atom. The Morgan fingerprint density at radius 1 is 1.24 bits per heavy atom. The van der Waals surface area contributed by atoms with Crippen LogP contribution in [0.5, 0.6) is 0 Å². The van der Waals surface area contributed by atoms with Gasteiger partial charge in [-0.3, -0.25) is 4.68 Å². The number of nitrogens with zero attached hydrogens (tertiary/aromatic N) is 3. The molecule has 4 nitrogen and oxygen atoms in total. The van der Waals surface area contributed by atoms with Gasteiger partial charge < -0.3 is 10.2 Å². The molecule has 0 amide bonds. The highest BCUT2D eigenvalue weighted by Gasteiger charge is 2.18. The third-order valence-electron chi connectivity index (χ3n) is 3.99. The zero-order valence-electron chi connectivity index (χ0n) is 12.3. The average molecular weight is 288 g/mol. The quantitative estimate of drug-likeness (QED) is 0.917. The van der Waals surface area contributed by atoms with Crippen LogP contribution in [0.15, 0.2) is 30.5 Å². The fourth-order valence-corrected chi connectivity index (χ4v) is 2.88. The maximum atomic E-state index is 14.2. The molecule has 1 aliphatic heterocycles. The molecule has 0 aliphatic carbocycles. The van der Waals surface area contributed by atoms with Crippen molar-refractivity contribution in [3.8, 4) is 0 Å². The number of nitrogens with one attached hydrogen (secondary N) is 1. The summed E-state index contributed by atoms with van der Waals surface area (Å²) < 4.78 is 16.1. The summed E-state index contributed by atoms with van der Waals surface area (Å²) in [6.07, 6.45) is 4.14. The summed E-state index contributed by atoms with van der Waals surface area (Å²) in [5, 5.41) is 7.50. The van der Waals surface area contributed by atoms with Crippen LogP contribution in [0, 0.1) is 5.82 Å². The van der Waals surface area contributed by atoms with Gasteiger partial charge in [-0.2, -0.15) is 5.10 Å². The number of hydrogen-bond donors (Lipinski definition) is 1. The van der Waals surface area contributed by atoms with Gasteiger partial charge in [-0.25, -0.2) is 4.39 Å². The fourth-order valence-electron chi connectivity index (χ4n) is 2.88. The Kier molecular flexibility index (Phi) is 4.08. The van der Waals surface area contributed by atoms with Crippen molar-refractivity contribution in [3.05, 3.63) is 42.0 Å². The Morgan fingerprint density at radius 2 is 2.05 bits per heavy atom. The van der Waals surface area contributed by atoms with Gasteiger partial charge in [0.05, 0.1) is 23.6 Å². The molecule has 2 heterocycles. The van der Waals surface area contributed by atoms with Gasteiger partial charge in [0.1, 0.15) is 5.82 Å². The van der Waals surface area contributed by atoms with Crippen LogP contribution >= 0.6 is 0 Å². The predicted octanol–water partition coefficient (Wildman–Crippen LogP) is 3.25. The third-order valence-corrected chi connectivity index (χ3v) is 3.99. The van der Waals surface area contributed by atoms with Crippen LogP contribution < -0.4 is 10.2 Å². The fraction of sp³-hybridized carbons (Fsp3) is 0.438. The average Bonchev–Trinajstić information content (AvgIpc) is 3.17. The lowest BCUT2D eigenvalue weighted by Crippen LogP contribution is -2.20. The van der Waals surface area contributed by atoms with Gasteiger partial charge in [-0.05, 0) is 38.0 Å². The first-order valence-electron chi connectivity index (χ1n) is 7.57. The van der Waals surface area contributed by atoms with Crippen molar-refractivity contribution in [3.63, 3.8) is 0 Å². The minimum Gasteiger partial charge on any atom is -0.375 e. The summed E-state index contributed by atoms with van der Waals surface area (Å²) in [5.74, 6) is -0.193. The van der Waals surface area contributed by atoms with Crippen molar-refractivity contribution in [1.29, 1.82) is 0 Å². The molecule has 0 saturated carbocycles. The van der Waals surface area contributed by atoms with Crippen LogP contribution in [0.1, 0.15) is 25.5 Å². The lowest BCUT2D eigenvalue weighted by Gasteiger charge is -2.22. The normalized spacial score (nSPS) is 14.7. The number of hydrogen-bond acceptors (Lipinski definition) is 3. The van der Waals surface area contributed by atoms with Gasteiger partial charge in [0.15, 0.2) is 0 Å². The largest absolute Gasteiger partial charge is 0.375 e. The molecule has 1 aromatic carbocycles. The highest BCUT2D eigenvalue weighted by molar-refractivity contribution is 5.71. The number of aryl methyl sites for hydroxylation is 1. The van der Waals surface area contributed by atoms with E-state index in [-0.39, 0.29) is 5.82 Å². The summed E-state index contributed by atoms with van der Waals surface area (Å²) >= 11 is 0. The molecule has 1 saturated heterocycles. The number of anilines is 2. The lowest BCUT2D eigenvalue weighted by molar-refractivity contribution is 0.618. The van der Waals surface area contributed by atoms with Gasteiger partial charge in [0, 0.05) is 25.8 Å². The van der Waals surface area contributed by atoms with E-state index in [0.717, 1.165) is 31.0 Å². The van der Waals surface area contributed by atoms with Crippen molar-refractivity contribution >= 4 is 11.4 Å². The van der Waals surface area contributed by atoms with Crippen LogP contribution in [0.25, 0.3) is 0 Å². The summed E-state index contributed by atoms with van der Waals surface area (Å²) in [4.78, 5) is 2.25. The van der Waals surface area contributed by atoms with E-state index in [0.29, 0.717) is 12.2 Å². The van der Waals surface area contributed by atoms with E-state index in [1.54, 1.807) is 12.3 Å². The van der Waals surface area contributed by atoms with Crippen LogP contribution in [0.3, 0.4) is 0 Å². The Hall–Kier alpha value is -2.04. The van der Waals surface area contributed by atoms with Gasteiger partial charge >= 0.3 is 0 Å². The van der Waals surface area contributed by atoms with E-state index in [1.807, 2.05) is 16.8 Å². The third kappa shape index (κ3) is 2.86. The second-order valence-electron chi connectivity index (χ2n) is 5.32. The van der Waals surface area contributed by atoms with Crippen molar-refractivity contribution in [2.45, 2.75) is 32.9 Å². The molecule has 1 fully saturated rings. The Balaban J connectivity index is 1.81. The van der Waals surface area contributed by atoms with Crippen molar-refractivity contribution in [2.24, 2.45) is 0 Å². The van der Waals surface area contributed by atoms with Gasteiger partial charge in [-0.15, -0.1) is 0 Å². The molecule has 1 aliphatic rings. The highest BCUT2D eigenvalue weighted by Crippen LogP contribution is 2.31. The summed E-state index contributed by atoms with van der Waals surface area (Å²) in [6, 6.07) is 7.25. The standard InChI is InChI=1S/C16H21FN4/c1-2-21-13(8-9-19-21)12-18-16-14(17)6-5-7-15(16)20-10-3-4-11-20/h5-9,18H,2-4,10-12H2,1H3. The molecule has 3 rings (SSSR count). The predicted molar refractivity (Wildman–Crippen MR) is 83.1 cm³/mol.